The molecule has 5 nitrogen and oxygen atoms in total. The third-order valence-corrected chi connectivity index (χ3v) is 6.43. The van der Waals surface area contributed by atoms with Crippen LogP contribution in [0.3, 0.4) is 0 Å². The average Bonchev–Trinajstić information content (AvgIpc) is 2.71. The highest BCUT2D eigenvalue weighted by Gasteiger charge is 2.23. The predicted octanol–water partition coefficient (Wildman–Crippen LogP) is 6.29. The van der Waals surface area contributed by atoms with E-state index in [9.17, 15) is 8.78 Å². The number of anilines is 1. The van der Waals surface area contributed by atoms with E-state index < -0.39 is 11.6 Å². The zero-order valence-electron chi connectivity index (χ0n) is 17.4. The van der Waals surface area contributed by atoms with Crippen molar-refractivity contribution in [3.8, 4) is 11.5 Å². The lowest BCUT2D eigenvalue weighted by Gasteiger charge is -2.34. The van der Waals surface area contributed by atoms with Crippen LogP contribution in [0.5, 0.6) is 11.5 Å². The third kappa shape index (κ3) is 5.51. The minimum absolute atomic E-state index is 0.0751. The summed E-state index contributed by atoms with van der Waals surface area (Å²) in [5.74, 6) is -0.0329. The van der Waals surface area contributed by atoms with Crippen molar-refractivity contribution in [2.45, 2.75) is 26.2 Å². The molecular formula is C22H24F2N4OS2. The van der Waals surface area contributed by atoms with Crippen LogP contribution in [0.4, 0.5) is 14.7 Å². The molecule has 2 heterocycles. The number of nitrogens with one attached hydrogen (secondary N) is 1. The maximum Gasteiger partial charge on any atom is 0.234 e. The molecule has 0 bridgehead atoms. The minimum Gasteiger partial charge on any atom is -0.450 e. The van der Waals surface area contributed by atoms with Gasteiger partial charge in [-0.2, -0.15) is 0 Å². The zero-order valence-corrected chi connectivity index (χ0v) is 19.0. The lowest BCUT2D eigenvalue weighted by Crippen LogP contribution is -2.31. The van der Waals surface area contributed by atoms with Crippen LogP contribution in [0.25, 0.3) is 5.57 Å². The van der Waals surface area contributed by atoms with Gasteiger partial charge in [0.05, 0.1) is 6.20 Å². The first-order chi connectivity index (χ1) is 15.0. The van der Waals surface area contributed by atoms with Gasteiger partial charge >= 0.3 is 0 Å². The van der Waals surface area contributed by atoms with Gasteiger partial charge in [0.2, 0.25) is 5.95 Å². The van der Waals surface area contributed by atoms with E-state index in [1.807, 2.05) is 6.26 Å². The first-order valence-corrected chi connectivity index (χ1v) is 12.7. The molecule has 0 saturated heterocycles. The van der Waals surface area contributed by atoms with E-state index in [2.05, 4.69) is 38.8 Å². The summed E-state index contributed by atoms with van der Waals surface area (Å²) in [6, 6.07) is 3.23. The molecule has 0 amide bonds. The SMILES string of the molecule is CSSNc1ncc(Oc2ccc(F)cc2F)c(C2=CN(CC3CCC3)CC(C)=C2)n1. The van der Waals surface area contributed by atoms with Crippen molar-refractivity contribution < 1.29 is 13.5 Å². The molecule has 1 aliphatic heterocycles. The maximum absolute atomic E-state index is 14.2. The van der Waals surface area contributed by atoms with E-state index >= 15 is 0 Å². The lowest BCUT2D eigenvalue weighted by atomic mass is 9.85. The first kappa shape index (κ1) is 22.0. The zero-order chi connectivity index (χ0) is 21.8. The van der Waals surface area contributed by atoms with Crippen LogP contribution < -0.4 is 9.46 Å². The Morgan fingerprint density at radius 3 is 2.81 bits per heavy atom. The highest BCUT2D eigenvalue weighted by Crippen LogP contribution is 2.35. The number of rotatable bonds is 8. The van der Waals surface area contributed by atoms with Gasteiger partial charge in [0.15, 0.2) is 17.3 Å². The van der Waals surface area contributed by atoms with Crippen molar-refractivity contribution in [1.82, 2.24) is 14.9 Å². The predicted molar refractivity (Wildman–Crippen MR) is 124 cm³/mol. The number of hydrogen-bond donors (Lipinski definition) is 1. The van der Waals surface area contributed by atoms with Gasteiger partial charge in [0, 0.05) is 41.9 Å². The number of allylic oxidation sites excluding steroid dienone is 2. The third-order valence-electron chi connectivity index (χ3n) is 5.25. The molecule has 0 atom stereocenters. The van der Waals surface area contributed by atoms with E-state index in [0.29, 0.717) is 17.4 Å². The molecule has 31 heavy (non-hydrogen) atoms. The molecule has 0 radical (unpaired) electrons. The summed E-state index contributed by atoms with van der Waals surface area (Å²) in [4.78, 5) is 11.2. The van der Waals surface area contributed by atoms with Crippen molar-refractivity contribution in [3.05, 3.63) is 59.6 Å². The standard InChI is InChI=1S/C22H24F2N4OS2/c1-14-8-16(13-28(11-14)12-15-4-3-5-15)21-20(10-25-22(26-21)27-31-30-2)29-19-7-6-17(23)9-18(19)24/h6-10,13,15H,3-5,11-12H2,1-2H3,(H,25,26,27). The van der Waals surface area contributed by atoms with E-state index in [4.69, 9.17) is 4.74 Å². The van der Waals surface area contributed by atoms with Crippen LogP contribution >= 0.6 is 21.8 Å². The summed E-state index contributed by atoms with van der Waals surface area (Å²) in [6.07, 6.45) is 11.5. The second-order valence-electron chi connectivity index (χ2n) is 7.74. The summed E-state index contributed by atoms with van der Waals surface area (Å²) in [6.45, 7) is 3.97. The van der Waals surface area contributed by atoms with Gasteiger partial charge in [-0.05, 0) is 44.1 Å². The molecule has 4 rings (SSSR count). The van der Waals surface area contributed by atoms with Gasteiger partial charge in [-0.3, -0.25) is 4.72 Å². The van der Waals surface area contributed by atoms with Gasteiger partial charge in [-0.15, -0.1) is 0 Å². The number of ether oxygens (including phenoxy) is 1. The smallest absolute Gasteiger partial charge is 0.234 e. The van der Waals surface area contributed by atoms with Gasteiger partial charge in [-0.1, -0.05) is 28.9 Å². The Balaban J connectivity index is 1.68. The van der Waals surface area contributed by atoms with Gasteiger partial charge < -0.3 is 9.64 Å². The molecule has 1 aromatic heterocycles. The minimum atomic E-state index is -0.776. The lowest BCUT2D eigenvalue weighted by molar-refractivity contribution is 0.231. The van der Waals surface area contributed by atoms with E-state index in [0.717, 1.165) is 36.7 Å². The molecule has 164 valence electrons. The Morgan fingerprint density at radius 2 is 2.10 bits per heavy atom. The molecule has 0 spiro atoms. The normalized spacial score (nSPS) is 16.5. The molecule has 0 unspecified atom stereocenters. The fourth-order valence-electron chi connectivity index (χ4n) is 3.62. The number of nitrogens with zero attached hydrogens (tertiary/aromatic N) is 3. The largest absolute Gasteiger partial charge is 0.450 e. The van der Waals surface area contributed by atoms with Gasteiger partial charge in [-0.25, -0.2) is 18.7 Å². The van der Waals surface area contributed by atoms with Crippen molar-refractivity contribution in [2.24, 2.45) is 5.92 Å². The van der Waals surface area contributed by atoms with Gasteiger partial charge in [0.25, 0.3) is 0 Å². The highest BCUT2D eigenvalue weighted by atomic mass is 33.1. The molecule has 1 N–H and O–H groups in total. The number of aromatic nitrogens is 2. The van der Waals surface area contributed by atoms with Crippen LogP contribution in [0.15, 0.2) is 42.2 Å². The second-order valence-corrected chi connectivity index (χ2v) is 9.94. The quantitative estimate of drug-likeness (QED) is 0.365. The Hall–Kier alpha value is -2.26. The summed E-state index contributed by atoms with van der Waals surface area (Å²) in [5, 5.41) is 0. The highest BCUT2D eigenvalue weighted by molar-refractivity contribution is 8.76. The molecule has 1 fully saturated rings. The molecule has 1 saturated carbocycles. The monoisotopic (exact) mass is 462 g/mol. The summed E-state index contributed by atoms with van der Waals surface area (Å²) in [7, 11) is 2.94. The summed E-state index contributed by atoms with van der Waals surface area (Å²) in [5.41, 5.74) is 2.64. The summed E-state index contributed by atoms with van der Waals surface area (Å²) < 4.78 is 36.4. The Bertz CT molecular complexity index is 1010. The van der Waals surface area contributed by atoms with Crippen LogP contribution in [0.2, 0.25) is 0 Å². The van der Waals surface area contributed by atoms with Gasteiger partial charge in [0.1, 0.15) is 11.5 Å². The molecule has 1 aromatic carbocycles. The Labute approximate surface area is 188 Å². The number of halogens is 2. The van der Waals surface area contributed by atoms with Crippen LogP contribution in [0.1, 0.15) is 31.9 Å². The van der Waals surface area contributed by atoms with Crippen molar-refractivity contribution in [2.75, 3.05) is 24.1 Å². The van der Waals surface area contributed by atoms with Crippen molar-refractivity contribution in [1.29, 1.82) is 0 Å². The van der Waals surface area contributed by atoms with Crippen LogP contribution in [-0.2, 0) is 0 Å². The fourth-order valence-corrected chi connectivity index (χ4v) is 4.35. The molecule has 1 aliphatic carbocycles. The first-order valence-electron chi connectivity index (χ1n) is 10.1. The average molecular weight is 463 g/mol. The Kier molecular flexibility index (Phi) is 7.02. The molecule has 2 aliphatic rings. The Morgan fingerprint density at radius 1 is 1.26 bits per heavy atom. The number of benzene rings is 1. The van der Waals surface area contributed by atoms with Crippen LogP contribution in [0, 0.1) is 17.6 Å². The van der Waals surface area contributed by atoms with E-state index in [1.54, 1.807) is 0 Å². The molecular weight excluding hydrogens is 438 g/mol. The number of hydrogen-bond acceptors (Lipinski definition) is 7. The van der Waals surface area contributed by atoms with E-state index in [1.165, 1.54) is 58.9 Å². The second kappa shape index (κ2) is 9.91. The summed E-state index contributed by atoms with van der Waals surface area (Å²) >= 11 is 0. The van der Waals surface area contributed by atoms with Crippen molar-refractivity contribution >= 4 is 33.3 Å². The van der Waals surface area contributed by atoms with E-state index in [-0.39, 0.29) is 5.75 Å². The van der Waals surface area contributed by atoms with Crippen LogP contribution in [-0.4, -0.2) is 34.2 Å². The van der Waals surface area contributed by atoms with Crippen molar-refractivity contribution in [3.63, 3.8) is 0 Å². The topological polar surface area (TPSA) is 50.3 Å². The molecule has 9 heteroatoms. The molecule has 2 aromatic rings. The fraction of sp³-hybridized carbons (Fsp3) is 0.364. The maximum atomic E-state index is 14.2.